The van der Waals surface area contributed by atoms with Gasteiger partial charge in [0.2, 0.25) is 0 Å². The molecule has 0 aliphatic carbocycles. The lowest BCUT2D eigenvalue weighted by molar-refractivity contribution is 1.24. The summed E-state index contributed by atoms with van der Waals surface area (Å²) in [5, 5.41) is 8.17. The highest BCUT2D eigenvalue weighted by Gasteiger charge is 1.97. The number of rotatable bonds is 4. The Hall–Kier alpha value is -2.55. The molecule has 3 nitrogen and oxygen atoms in total. The molecule has 0 aromatic heterocycles. The van der Waals surface area contributed by atoms with E-state index in [4.69, 9.17) is 0 Å². The monoisotopic (exact) mass is 276 g/mol. The van der Waals surface area contributed by atoms with Crippen molar-refractivity contribution >= 4 is 23.3 Å². The van der Waals surface area contributed by atoms with E-state index in [1.165, 1.54) is 0 Å². The number of hydrogen-bond acceptors (Lipinski definition) is 3. The lowest BCUT2D eigenvalue weighted by atomic mass is 10.1. The zero-order chi connectivity index (χ0) is 15.1. The van der Waals surface area contributed by atoms with Crippen molar-refractivity contribution < 1.29 is 0 Å². The second-order valence-electron chi connectivity index (χ2n) is 4.87. The SMILES string of the molecule is CC(C)=Nc1ccc(/C(C)=N\N=[C]c2ccccc2)cc1. The molecule has 0 unspecified atom stereocenters. The van der Waals surface area contributed by atoms with E-state index in [0.717, 1.165) is 28.2 Å². The fraction of sp³-hybridized carbons (Fsp3) is 0.167. The van der Waals surface area contributed by atoms with Crippen molar-refractivity contribution in [3.8, 4) is 0 Å². The third-order valence-electron chi connectivity index (χ3n) is 2.79. The normalized spacial score (nSPS) is 11.7. The van der Waals surface area contributed by atoms with Crippen molar-refractivity contribution in [3.05, 3.63) is 65.7 Å². The Balaban J connectivity index is 2.09. The molecular weight excluding hydrogens is 258 g/mol. The van der Waals surface area contributed by atoms with Crippen LogP contribution in [0.2, 0.25) is 0 Å². The summed E-state index contributed by atoms with van der Waals surface area (Å²) in [7, 11) is 0. The van der Waals surface area contributed by atoms with Crippen molar-refractivity contribution in [3.63, 3.8) is 0 Å². The molecule has 0 saturated carbocycles. The van der Waals surface area contributed by atoms with Crippen LogP contribution in [0.3, 0.4) is 0 Å². The number of nitrogens with zero attached hydrogens (tertiary/aromatic N) is 3. The molecule has 0 aliphatic rings. The molecule has 3 heteroatoms. The van der Waals surface area contributed by atoms with Gasteiger partial charge in [-0.05, 0) is 38.5 Å². The summed E-state index contributed by atoms with van der Waals surface area (Å²) in [5.74, 6) is 0. The van der Waals surface area contributed by atoms with E-state index in [1.54, 1.807) is 0 Å². The lowest BCUT2D eigenvalue weighted by Gasteiger charge is -2.00. The van der Waals surface area contributed by atoms with Crippen LogP contribution in [-0.2, 0) is 0 Å². The van der Waals surface area contributed by atoms with Crippen molar-refractivity contribution in [2.45, 2.75) is 20.8 Å². The molecule has 2 aromatic carbocycles. The van der Waals surface area contributed by atoms with Crippen LogP contribution in [0.4, 0.5) is 5.69 Å². The van der Waals surface area contributed by atoms with E-state index in [-0.39, 0.29) is 0 Å². The minimum absolute atomic E-state index is 0.849. The molecule has 1 radical (unpaired) electrons. The Bertz CT molecular complexity index is 661. The summed E-state index contributed by atoms with van der Waals surface area (Å²) in [5.41, 5.74) is 4.78. The third-order valence-corrected chi connectivity index (χ3v) is 2.79. The molecule has 0 saturated heterocycles. The van der Waals surface area contributed by atoms with Gasteiger partial charge >= 0.3 is 0 Å². The molecule has 2 rings (SSSR count). The first kappa shape index (κ1) is 14.9. The van der Waals surface area contributed by atoms with Crippen LogP contribution >= 0.6 is 0 Å². The van der Waals surface area contributed by atoms with Crippen LogP contribution in [0.25, 0.3) is 0 Å². The first-order valence-corrected chi connectivity index (χ1v) is 6.83. The van der Waals surface area contributed by atoms with Crippen LogP contribution in [0.1, 0.15) is 31.9 Å². The number of hydrogen-bond donors (Lipinski definition) is 0. The first-order chi connectivity index (χ1) is 10.1. The van der Waals surface area contributed by atoms with Crippen molar-refractivity contribution in [2.75, 3.05) is 0 Å². The molecule has 0 bridgehead atoms. The Labute approximate surface area is 125 Å². The summed E-state index contributed by atoms with van der Waals surface area (Å²) < 4.78 is 0. The van der Waals surface area contributed by atoms with Gasteiger partial charge in [0, 0.05) is 11.3 Å². The molecule has 0 N–H and O–H groups in total. The molecule has 0 spiro atoms. The highest BCUT2D eigenvalue weighted by Crippen LogP contribution is 2.14. The van der Waals surface area contributed by atoms with Gasteiger partial charge < -0.3 is 0 Å². The molecule has 0 heterocycles. The van der Waals surface area contributed by atoms with Gasteiger partial charge in [-0.2, -0.15) is 5.10 Å². The maximum atomic E-state index is 4.40. The fourth-order valence-corrected chi connectivity index (χ4v) is 1.76. The molecule has 0 amide bonds. The smallest absolute Gasteiger partial charge is 0.121 e. The third kappa shape index (κ3) is 4.80. The van der Waals surface area contributed by atoms with Gasteiger partial charge in [0.15, 0.2) is 0 Å². The Kier molecular flexibility index (Phi) is 5.16. The van der Waals surface area contributed by atoms with E-state index in [9.17, 15) is 0 Å². The summed E-state index contributed by atoms with van der Waals surface area (Å²) >= 11 is 0. The minimum atomic E-state index is 0.849. The summed E-state index contributed by atoms with van der Waals surface area (Å²) in [4.78, 5) is 4.40. The van der Waals surface area contributed by atoms with Crippen LogP contribution in [0, 0.1) is 0 Å². The van der Waals surface area contributed by atoms with E-state index in [1.807, 2.05) is 75.4 Å². The van der Waals surface area contributed by atoms with Gasteiger partial charge in [0.1, 0.15) is 6.21 Å². The highest BCUT2D eigenvalue weighted by molar-refractivity contribution is 5.99. The van der Waals surface area contributed by atoms with Crippen molar-refractivity contribution in [1.29, 1.82) is 0 Å². The molecule has 21 heavy (non-hydrogen) atoms. The fourth-order valence-electron chi connectivity index (χ4n) is 1.76. The van der Waals surface area contributed by atoms with Crippen LogP contribution in [-0.4, -0.2) is 17.6 Å². The zero-order valence-electron chi connectivity index (χ0n) is 12.5. The standard InChI is InChI=1S/C18H18N3/c1-14(2)20-18-11-9-17(10-12-18)15(3)21-19-13-16-7-5-4-6-8-16/h4-12H,1-3H3/b19-13?,21-15-. The molecule has 105 valence electrons. The summed E-state index contributed by atoms with van der Waals surface area (Å²) in [6, 6.07) is 17.7. The van der Waals surface area contributed by atoms with Crippen molar-refractivity contribution in [1.82, 2.24) is 0 Å². The predicted molar refractivity (Wildman–Crippen MR) is 90.1 cm³/mol. The molecule has 0 aliphatic heterocycles. The van der Waals surface area contributed by atoms with Gasteiger partial charge in [-0.15, -0.1) is 5.10 Å². The van der Waals surface area contributed by atoms with E-state index < -0.39 is 0 Å². The number of aliphatic imine (C=N–C) groups is 1. The highest BCUT2D eigenvalue weighted by atomic mass is 15.2. The Morgan fingerprint density at radius 3 is 2.14 bits per heavy atom. The second-order valence-corrected chi connectivity index (χ2v) is 4.87. The molecular formula is C18H18N3. The molecule has 0 atom stereocenters. The van der Waals surface area contributed by atoms with Crippen molar-refractivity contribution in [2.24, 2.45) is 15.2 Å². The van der Waals surface area contributed by atoms with Crippen LogP contribution in [0.15, 0.2) is 69.8 Å². The van der Waals surface area contributed by atoms with Crippen LogP contribution < -0.4 is 0 Å². The predicted octanol–water partition coefficient (Wildman–Crippen LogP) is 4.52. The first-order valence-electron chi connectivity index (χ1n) is 6.83. The summed E-state index contributed by atoms with van der Waals surface area (Å²) in [6.07, 6.45) is 2.90. The average Bonchev–Trinajstić information content (AvgIpc) is 2.48. The summed E-state index contributed by atoms with van der Waals surface area (Å²) in [6.45, 7) is 5.89. The topological polar surface area (TPSA) is 37.1 Å². The van der Waals surface area contributed by atoms with Crippen LogP contribution in [0.5, 0.6) is 0 Å². The molecule has 2 aromatic rings. The maximum Gasteiger partial charge on any atom is 0.121 e. The maximum absolute atomic E-state index is 4.40. The van der Waals surface area contributed by atoms with Gasteiger partial charge in [-0.25, -0.2) is 0 Å². The average molecular weight is 276 g/mol. The number of benzene rings is 2. The van der Waals surface area contributed by atoms with E-state index in [2.05, 4.69) is 21.4 Å². The Morgan fingerprint density at radius 1 is 0.857 bits per heavy atom. The van der Waals surface area contributed by atoms with Gasteiger partial charge in [-0.1, -0.05) is 42.5 Å². The largest absolute Gasteiger partial charge is 0.258 e. The second kappa shape index (κ2) is 7.29. The van der Waals surface area contributed by atoms with Gasteiger partial charge in [0.25, 0.3) is 0 Å². The quantitative estimate of drug-likeness (QED) is 0.581. The zero-order valence-corrected chi connectivity index (χ0v) is 12.5. The van der Waals surface area contributed by atoms with Gasteiger partial charge in [0.05, 0.1) is 11.4 Å². The van der Waals surface area contributed by atoms with E-state index >= 15 is 0 Å². The minimum Gasteiger partial charge on any atom is -0.258 e. The molecule has 0 fully saturated rings. The Morgan fingerprint density at radius 2 is 1.52 bits per heavy atom. The van der Waals surface area contributed by atoms with E-state index in [0.29, 0.717) is 0 Å². The lowest BCUT2D eigenvalue weighted by Crippen LogP contribution is -1.93. The van der Waals surface area contributed by atoms with Gasteiger partial charge in [-0.3, -0.25) is 4.99 Å².